The smallest absolute Gasteiger partial charge is 0.412 e. The molecule has 0 saturated carbocycles. The van der Waals surface area contributed by atoms with Crippen LogP contribution in [-0.4, -0.2) is 45.1 Å². The van der Waals surface area contributed by atoms with E-state index in [0.717, 1.165) is 18.7 Å². The maximum Gasteiger partial charge on any atom is 0.412 e. The number of nitrogens with zero attached hydrogens (tertiary/aromatic N) is 2. The van der Waals surface area contributed by atoms with E-state index >= 15 is 4.39 Å². The van der Waals surface area contributed by atoms with Gasteiger partial charge in [0.1, 0.15) is 11.5 Å². The second-order valence-corrected chi connectivity index (χ2v) is 11.7. The maximum atomic E-state index is 15.2. The second kappa shape index (κ2) is 9.31. The van der Waals surface area contributed by atoms with Crippen LogP contribution in [0.1, 0.15) is 67.3 Å². The van der Waals surface area contributed by atoms with Crippen molar-refractivity contribution >= 4 is 38.5 Å². The van der Waals surface area contributed by atoms with Gasteiger partial charge in [0.05, 0.1) is 29.0 Å². The molecule has 1 saturated heterocycles. The van der Waals surface area contributed by atoms with E-state index in [9.17, 15) is 9.59 Å². The first-order chi connectivity index (χ1) is 17.1. The predicted octanol–water partition coefficient (Wildman–Crippen LogP) is 5.91. The number of benzene rings is 1. The van der Waals surface area contributed by atoms with Crippen LogP contribution in [0.2, 0.25) is 5.02 Å². The molecule has 4 atom stereocenters. The Bertz CT molecular complexity index is 1290. The zero-order chi connectivity index (χ0) is 25.7. The average molecular weight is 531 g/mol. The van der Waals surface area contributed by atoms with E-state index < -0.39 is 17.5 Å². The number of aromatic amines is 1. The van der Waals surface area contributed by atoms with Gasteiger partial charge in [-0.1, -0.05) is 43.7 Å². The van der Waals surface area contributed by atoms with E-state index in [2.05, 4.69) is 56.6 Å². The molecule has 3 aliphatic rings. The molecule has 0 radical (unpaired) electrons. The van der Waals surface area contributed by atoms with Gasteiger partial charge in [0, 0.05) is 17.6 Å². The number of aromatic nitrogens is 2. The molecule has 2 amide bonds. The Labute approximate surface area is 216 Å². The zero-order valence-corrected chi connectivity index (χ0v) is 22.1. The summed E-state index contributed by atoms with van der Waals surface area (Å²) in [6.45, 7) is 4.73. The highest BCUT2D eigenvalue weighted by atomic mass is 35.5. The standard InChI is InChI=1S/C26H29ClFN4O3P/c1-3-16(15-7-10-25(2,36)11-8-15)22-29-13-19(30-22)23(33)32-12-4-9-26(14-32)20-18(31-24(34)35-26)6-5-17(27)21(20)28/h5-8,10,13,16H,3-4,9,11-12,14,36H2,1-2H3,(H,29,30)(H,31,34)/t16?,25?,26-/m0/s1. The van der Waals surface area contributed by atoms with Gasteiger partial charge in [-0.3, -0.25) is 10.1 Å². The molecule has 190 valence electrons. The lowest BCUT2D eigenvalue weighted by Gasteiger charge is -2.45. The van der Waals surface area contributed by atoms with Crippen molar-refractivity contribution in [1.29, 1.82) is 0 Å². The second-order valence-electron chi connectivity index (χ2n) is 10.0. The first-order valence-electron chi connectivity index (χ1n) is 12.1. The van der Waals surface area contributed by atoms with Crippen molar-refractivity contribution in [3.8, 4) is 0 Å². The molecule has 7 nitrogen and oxygen atoms in total. The number of anilines is 1. The number of piperidine rings is 1. The molecule has 3 heterocycles. The number of rotatable bonds is 4. The average Bonchev–Trinajstić information content (AvgIpc) is 3.32. The third-order valence-corrected chi connectivity index (χ3v) is 7.94. The minimum absolute atomic E-state index is 0.0235. The fourth-order valence-corrected chi connectivity index (χ4v) is 5.72. The maximum absolute atomic E-state index is 15.2. The normalized spacial score (nSPS) is 26.2. The lowest BCUT2D eigenvalue weighted by Crippen LogP contribution is -2.53. The minimum Gasteiger partial charge on any atom is -0.436 e. The molecular formula is C26H29ClFN4O3P. The first kappa shape index (κ1) is 25.0. The first-order valence-corrected chi connectivity index (χ1v) is 13.1. The summed E-state index contributed by atoms with van der Waals surface area (Å²) in [4.78, 5) is 35.2. The molecule has 2 aromatic rings. The van der Waals surface area contributed by atoms with Gasteiger partial charge in [0.2, 0.25) is 0 Å². The van der Waals surface area contributed by atoms with Crippen LogP contribution in [0.15, 0.2) is 42.1 Å². The van der Waals surface area contributed by atoms with Crippen LogP contribution in [-0.2, 0) is 10.3 Å². The number of nitrogens with one attached hydrogen (secondary N) is 2. The number of carbonyl (C=O) groups is 2. The summed E-state index contributed by atoms with van der Waals surface area (Å²) in [6.07, 6.45) is 10.1. The van der Waals surface area contributed by atoms with Crippen LogP contribution in [0.25, 0.3) is 0 Å². The third-order valence-electron chi connectivity index (χ3n) is 7.22. The number of H-pyrrole nitrogens is 1. The molecule has 1 aromatic heterocycles. The number of amides is 2. The number of likely N-dealkylation sites (tertiary alicyclic amines) is 1. The largest absolute Gasteiger partial charge is 0.436 e. The molecule has 36 heavy (non-hydrogen) atoms. The van der Waals surface area contributed by atoms with Gasteiger partial charge in [0.15, 0.2) is 11.4 Å². The van der Waals surface area contributed by atoms with Gasteiger partial charge in [0.25, 0.3) is 5.91 Å². The lowest BCUT2D eigenvalue weighted by molar-refractivity contribution is -0.0419. The number of fused-ring (bicyclic) bond motifs is 2. The number of allylic oxidation sites excluding steroid dienone is 4. The van der Waals surface area contributed by atoms with Crippen molar-refractivity contribution in [2.24, 2.45) is 0 Å². The Hall–Kier alpha value is -2.70. The number of hydrogen-bond acceptors (Lipinski definition) is 4. The van der Waals surface area contributed by atoms with Crippen molar-refractivity contribution < 1.29 is 18.7 Å². The van der Waals surface area contributed by atoms with Crippen LogP contribution in [0, 0.1) is 5.82 Å². The van der Waals surface area contributed by atoms with Crippen LogP contribution in [0.3, 0.4) is 0 Å². The molecule has 5 rings (SSSR count). The summed E-state index contributed by atoms with van der Waals surface area (Å²) in [5, 5.41) is 2.53. The van der Waals surface area contributed by atoms with Crippen molar-refractivity contribution in [1.82, 2.24) is 14.9 Å². The molecular weight excluding hydrogens is 502 g/mol. The Balaban J connectivity index is 1.40. The van der Waals surface area contributed by atoms with E-state index in [-0.39, 0.29) is 34.1 Å². The molecule has 1 spiro atoms. The van der Waals surface area contributed by atoms with Crippen LogP contribution in [0.5, 0.6) is 0 Å². The summed E-state index contributed by atoms with van der Waals surface area (Å²) < 4.78 is 20.8. The molecule has 1 aromatic carbocycles. The summed E-state index contributed by atoms with van der Waals surface area (Å²) >= 11 is 6.06. The number of halogens is 2. The van der Waals surface area contributed by atoms with Gasteiger partial charge in [-0.2, -0.15) is 0 Å². The summed E-state index contributed by atoms with van der Waals surface area (Å²) in [5.74, 6) is -0.141. The predicted molar refractivity (Wildman–Crippen MR) is 140 cm³/mol. The fraction of sp³-hybridized carbons (Fsp3) is 0.423. The van der Waals surface area contributed by atoms with Gasteiger partial charge in [-0.05, 0) is 43.4 Å². The molecule has 0 bridgehead atoms. The summed E-state index contributed by atoms with van der Waals surface area (Å²) in [5.41, 5.74) is 0.711. The monoisotopic (exact) mass is 530 g/mol. The molecule has 10 heteroatoms. The van der Waals surface area contributed by atoms with Crippen LogP contribution in [0.4, 0.5) is 14.9 Å². The van der Waals surface area contributed by atoms with Crippen molar-refractivity contribution in [2.45, 2.75) is 56.2 Å². The highest BCUT2D eigenvalue weighted by Crippen LogP contribution is 2.45. The van der Waals surface area contributed by atoms with Gasteiger partial charge >= 0.3 is 6.09 Å². The molecule has 2 aliphatic heterocycles. The Morgan fingerprint density at radius 3 is 2.94 bits per heavy atom. The van der Waals surface area contributed by atoms with Crippen molar-refractivity contribution in [3.63, 3.8) is 0 Å². The summed E-state index contributed by atoms with van der Waals surface area (Å²) in [6, 6.07) is 2.96. The van der Waals surface area contributed by atoms with Gasteiger partial charge in [-0.15, -0.1) is 9.24 Å². The molecule has 2 N–H and O–H groups in total. The van der Waals surface area contributed by atoms with E-state index in [1.54, 1.807) is 17.2 Å². The molecule has 1 aliphatic carbocycles. The summed E-state index contributed by atoms with van der Waals surface area (Å²) in [7, 11) is 2.86. The van der Waals surface area contributed by atoms with Gasteiger partial charge < -0.3 is 14.6 Å². The lowest BCUT2D eigenvalue weighted by atomic mass is 9.83. The number of hydrogen-bond donors (Lipinski definition) is 2. The van der Waals surface area contributed by atoms with Crippen LogP contribution < -0.4 is 5.32 Å². The van der Waals surface area contributed by atoms with Crippen molar-refractivity contribution in [2.75, 3.05) is 18.4 Å². The van der Waals surface area contributed by atoms with E-state index in [4.69, 9.17) is 16.3 Å². The van der Waals surface area contributed by atoms with Crippen LogP contribution >= 0.6 is 20.8 Å². The fourth-order valence-electron chi connectivity index (χ4n) is 5.35. The molecule has 3 unspecified atom stereocenters. The quantitative estimate of drug-likeness (QED) is 0.481. The highest BCUT2D eigenvalue weighted by molar-refractivity contribution is 7.19. The topological polar surface area (TPSA) is 87.3 Å². The van der Waals surface area contributed by atoms with E-state index in [0.29, 0.717) is 30.8 Å². The minimum atomic E-state index is -1.31. The highest BCUT2D eigenvalue weighted by Gasteiger charge is 2.48. The Kier molecular flexibility index (Phi) is 6.46. The van der Waals surface area contributed by atoms with E-state index in [1.165, 1.54) is 11.6 Å². The zero-order valence-electron chi connectivity index (χ0n) is 20.2. The Morgan fingerprint density at radius 2 is 2.22 bits per heavy atom. The third kappa shape index (κ3) is 4.46. The number of ether oxygens (including phenoxy) is 1. The number of imidazole rings is 1. The number of carbonyl (C=O) groups excluding carboxylic acids is 2. The van der Waals surface area contributed by atoms with Gasteiger partial charge in [-0.25, -0.2) is 14.2 Å². The van der Waals surface area contributed by atoms with Crippen molar-refractivity contribution in [3.05, 3.63) is 70.1 Å². The molecule has 1 fully saturated rings. The Morgan fingerprint density at radius 1 is 1.42 bits per heavy atom. The van der Waals surface area contributed by atoms with E-state index in [1.807, 2.05) is 0 Å². The SMILES string of the molecule is CCC(C1=CCC(C)(P)C=C1)c1ncc(C(=O)N2CCC[C@@]3(C2)OC(=O)Nc2ccc(Cl)c(F)c23)[nH]1.